The highest BCUT2D eigenvalue weighted by Crippen LogP contribution is 2.37. The predicted molar refractivity (Wildman–Crippen MR) is 367 cm³/mol. The monoisotopic (exact) mass is 1320 g/mol. The van der Waals surface area contributed by atoms with Gasteiger partial charge in [0.15, 0.2) is 18.1 Å². The van der Waals surface area contributed by atoms with Gasteiger partial charge >= 0.3 is 11.9 Å². The van der Waals surface area contributed by atoms with Crippen LogP contribution >= 0.6 is 0 Å². The van der Waals surface area contributed by atoms with Crippen molar-refractivity contribution in [2.45, 2.75) is 268 Å². The van der Waals surface area contributed by atoms with Crippen molar-refractivity contribution in [3.8, 4) is 36.2 Å². The number of amides is 4. The standard InChI is InChI=1S/C40H62N4O6Si.C33H46N4O6/c1-7-9-11-14-20-33(21-15-12-13-19-32(3)37(45)41-27-26-40(42-43-40)25-10-8-2)50-39(47)35-23-18-28-44(35)38(46)34-22-16-17-24-36(34)49-31-48-29-30-51(4,5)6;1-3-5-7-9-15-25(43-32(42)27-18-14-24-37(27)31(41)26-17-12-13-19-28(26)38)16-10-8-11-20-29(39)30(40)34-23-22-33(35-36-33)21-6-4-2/h2,16-18,22,24,28,32-33,35H,7,9-15,19-21,23,25-27,29-31H2,1,3-6H3,(H,41,45);2,12-14,17,19,24-25,27,29,38-39H,3,5-11,15-16,18,20-23H2,1H3,(H,34,40)/t32-,33-,35+;25-,27+,29-/m11/s1. The van der Waals surface area contributed by atoms with Crippen LogP contribution in [-0.2, 0) is 33.4 Å². The van der Waals surface area contributed by atoms with E-state index < -0.39 is 49.7 Å². The first kappa shape index (κ1) is 77.5. The number of hydrogen-bond donors (Lipinski definition) is 4. The minimum atomic E-state index is -1.22. The van der Waals surface area contributed by atoms with Crippen molar-refractivity contribution in [3.05, 3.63) is 84.2 Å². The molecule has 0 saturated carbocycles. The van der Waals surface area contributed by atoms with Gasteiger partial charge in [-0.25, -0.2) is 9.59 Å². The highest BCUT2D eigenvalue weighted by Gasteiger charge is 2.41. The molecule has 4 heterocycles. The van der Waals surface area contributed by atoms with Gasteiger partial charge in [0.2, 0.25) is 11.8 Å². The van der Waals surface area contributed by atoms with E-state index in [9.17, 15) is 39.0 Å². The summed E-state index contributed by atoms with van der Waals surface area (Å²) in [7, 11) is -1.22. The van der Waals surface area contributed by atoms with E-state index in [1.807, 2.05) is 19.1 Å². The molecule has 0 radical (unpaired) electrons. The number of rotatable bonds is 46. The second kappa shape index (κ2) is 41.6. The smallest absolute Gasteiger partial charge is 0.329 e. The molecule has 0 spiro atoms. The van der Waals surface area contributed by atoms with Crippen molar-refractivity contribution in [3.63, 3.8) is 0 Å². The number of hydrogen-bond acceptors (Lipinski definition) is 16. The predicted octanol–water partition coefficient (Wildman–Crippen LogP) is 14.1. The number of esters is 2. The molecular weight excluding hydrogens is 1210 g/mol. The van der Waals surface area contributed by atoms with Gasteiger partial charge < -0.3 is 49.6 Å². The number of para-hydroxylation sites is 2. The number of nitrogens with one attached hydrogen (secondary N) is 2. The van der Waals surface area contributed by atoms with Gasteiger partial charge in [-0.3, -0.25) is 19.2 Å². The van der Waals surface area contributed by atoms with Gasteiger partial charge in [-0.15, -0.1) is 24.7 Å². The summed E-state index contributed by atoms with van der Waals surface area (Å²) in [6.07, 6.45) is 38.3. The Labute approximate surface area is 560 Å². The van der Waals surface area contributed by atoms with Crippen LogP contribution in [0.25, 0.3) is 0 Å². The summed E-state index contributed by atoms with van der Waals surface area (Å²) in [5, 5.41) is 42.5. The summed E-state index contributed by atoms with van der Waals surface area (Å²) in [5.74, 6) is 3.49. The number of phenols is 1. The first-order valence-electron chi connectivity index (χ1n) is 34.7. The quantitative estimate of drug-likeness (QED) is 0.0159. The molecule has 6 rings (SSSR count). The number of unbranched alkanes of at least 4 members (excludes halogenated alkanes) is 10. The minimum Gasteiger partial charge on any atom is -0.507 e. The van der Waals surface area contributed by atoms with Gasteiger partial charge in [-0.05, 0) is 107 Å². The summed E-state index contributed by atoms with van der Waals surface area (Å²) in [6.45, 7) is 14.8. The van der Waals surface area contributed by atoms with Crippen LogP contribution in [0.5, 0.6) is 11.5 Å². The molecule has 2 aromatic carbocycles. The topological polar surface area (TPSA) is 260 Å². The van der Waals surface area contributed by atoms with Crippen LogP contribution < -0.4 is 15.4 Å². The lowest BCUT2D eigenvalue weighted by molar-refractivity contribution is -0.155. The van der Waals surface area contributed by atoms with Gasteiger partial charge in [0.05, 0.1) is 11.1 Å². The second-order valence-corrected chi connectivity index (χ2v) is 32.2. The molecule has 0 bridgehead atoms. The zero-order chi connectivity index (χ0) is 68.2. The molecule has 21 heteroatoms. The van der Waals surface area contributed by atoms with Crippen LogP contribution in [0, 0.1) is 30.6 Å². The Morgan fingerprint density at radius 3 is 1.54 bits per heavy atom. The fourth-order valence-corrected chi connectivity index (χ4v) is 12.0. The molecule has 0 unspecified atom stereocenters. The van der Waals surface area contributed by atoms with Crippen LogP contribution in [0.4, 0.5) is 0 Å². The summed E-state index contributed by atoms with van der Waals surface area (Å²) < 4.78 is 23.7. The maximum absolute atomic E-state index is 13.7. The van der Waals surface area contributed by atoms with Gasteiger partial charge in [0.25, 0.3) is 11.8 Å². The maximum Gasteiger partial charge on any atom is 0.329 e. The van der Waals surface area contributed by atoms with Gasteiger partial charge in [-0.1, -0.05) is 141 Å². The lowest BCUT2D eigenvalue weighted by Gasteiger charge is -2.26. The summed E-state index contributed by atoms with van der Waals surface area (Å²) in [6, 6.07) is 12.9. The van der Waals surface area contributed by atoms with E-state index in [-0.39, 0.29) is 59.7 Å². The molecular formula is C73H108N8O12Si. The van der Waals surface area contributed by atoms with Gasteiger partial charge in [-0.2, -0.15) is 20.5 Å². The number of carbonyl (C=O) groups excluding carboxylic acids is 6. The number of aromatic hydroxyl groups is 1. The van der Waals surface area contributed by atoms with Crippen molar-refractivity contribution in [2.75, 3.05) is 26.5 Å². The fraction of sp³-hybridized carbons (Fsp3) is 0.644. The van der Waals surface area contributed by atoms with Crippen LogP contribution in [0.15, 0.2) is 93.5 Å². The molecule has 6 atom stereocenters. The van der Waals surface area contributed by atoms with E-state index in [0.29, 0.717) is 95.2 Å². The number of terminal acetylenes is 2. The second-order valence-electron chi connectivity index (χ2n) is 26.6. The molecule has 94 heavy (non-hydrogen) atoms. The molecule has 4 amide bonds. The molecule has 4 N–H and O–H groups in total. The Morgan fingerprint density at radius 1 is 0.617 bits per heavy atom. The number of aliphatic hydroxyl groups excluding tert-OH is 1. The summed E-state index contributed by atoms with van der Waals surface area (Å²) in [4.78, 5) is 81.3. The van der Waals surface area contributed by atoms with Gasteiger partial charge in [0, 0.05) is 84.6 Å². The van der Waals surface area contributed by atoms with E-state index in [1.165, 1.54) is 21.9 Å². The average Bonchev–Trinajstić information content (AvgIpc) is 1.58. The van der Waals surface area contributed by atoms with E-state index >= 15 is 0 Å². The van der Waals surface area contributed by atoms with Crippen molar-refractivity contribution in [1.29, 1.82) is 0 Å². The van der Waals surface area contributed by atoms with E-state index in [2.05, 4.69) is 76.4 Å². The first-order valence-corrected chi connectivity index (χ1v) is 38.4. The highest BCUT2D eigenvalue weighted by molar-refractivity contribution is 6.76. The number of ether oxygens (including phenoxy) is 4. The Hall–Kier alpha value is -7.20. The van der Waals surface area contributed by atoms with Crippen molar-refractivity contribution in [2.24, 2.45) is 26.4 Å². The zero-order valence-electron chi connectivity index (χ0n) is 57.0. The first-order chi connectivity index (χ1) is 45.3. The third kappa shape index (κ3) is 28.0. The number of benzene rings is 2. The molecule has 0 fully saturated rings. The molecule has 2 aromatic rings. The number of nitrogens with zero attached hydrogens (tertiary/aromatic N) is 6. The van der Waals surface area contributed by atoms with Crippen molar-refractivity contribution < 1.29 is 57.9 Å². The Bertz CT molecular complexity index is 2900. The third-order valence-electron chi connectivity index (χ3n) is 17.5. The molecule has 4 aliphatic rings. The normalized spacial score (nSPS) is 17.4. The highest BCUT2D eigenvalue weighted by atomic mass is 28.3. The molecule has 0 saturated heterocycles. The largest absolute Gasteiger partial charge is 0.507 e. The van der Waals surface area contributed by atoms with E-state index in [4.69, 9.17) is 31.8 Å². The Morgan fingerprint density at radius 2 is 1.06 bits per heavy atom. The zero-order valence-corrected chi connectivity index (χ0v) is 58.0. The number of aliphatic hydroxyl groups is 1. The molecule has 0 aromatic heterocycles. The lowest BCUT2D eigenvalue weighted by Crippen LogP contribution is -2.41. The number of carbonyl (C=O) groups is 6. The van der Waals surface area contributed by atoms with Crippen LogP contribution in [0.1, 0.15) is 221 Å². The summed E-state index contributed by atoms with van der Waals surface area (Å²) >= 11 is 0. The summed E-state index contributed by atoms with van der Waals surface area (Å²) in [5.41, 5.74) is -0.331. The van der Waals surface area contributed by atoms with Crippen molar-refractivity contribution >= 4 is 43.6 Å². The Balaban J connectivity index is 0.000000345. The van der Waals surface area contributed by atoms with Crippen LogP contribution in [-0.4, -0.2) is 132 Å². The molecule has 4 aliphatic heterocycles. The lowest BCUT2D eigenvalue weighted by atomic mass is 9.99. The Kier molecular flexibility index (Phi) is 34.3. The van der Waals surface area contributed by atoms with Crippen molar-refractivity contribution in [1.82, 2.24) is 20.4 Å². The molecule has 20 nitrogen and oxygen atoms in total. The molecule has 516 valence electrons. The van der Waals surface area contributed by atoms with E-state index in [1.54, 1.807) is 48.8 Å². The fourth-order valence-electron chi connectivity index (χ4n) is 11.3. The van der Waals surface area contributed by atoms with E-state index in [0.717, 1.165) is 122 Å². The van der Waals surface area contributed by atoms with Gasteiger partial charge in [0.1, 0.15) is 41.9 Å². The van der Waals surface area contributed by atoms with Crippen LogP contribution in [0.2, 0.25) is 25.7 Å². The third-order valence-corrected chi connectivity index (χ3v) is 19.2. The average molecular weight is 1320 g/mol. The van der Waals surface area contributed by atoms with Crippen LogP contribution in [0.3, 0.4) is 0 Å². The SMILES string of the molecule is C#CCCC1(CCNC(=O)[C@H](C)CCCCC[C@@H](CCCCCC)OC(=O)[C@@H]2CC=CN2C(=O)c2ccccc2OCOCC[Si](C)(C)C)N=N1.C#CCCC1(CCNC(=O)[C@H](O)CCCCC[C@@H](CCCCCC)OC(=O)[C@@H]2CC=CN2C(=O)c2ccccc2O)N=N1. The number of phenolic OH excluding ortho intramolecular Hbond substituents is 1. The molecule has 0 aliphatic carbocycles. The minimum absolute atomic E-state index is 0.0507. The maximum atomic E-state index is 13.7.